The summed E-state index contributed by atoms with van der Waals surface area (Å²) in [6.45, 7) is 0. The fourth-order valence-corrected chi connectivity index (χ4v) is 3.54. The lowest BCUT2D eigenvalue weighted by atomic mass is 9.99. The fourth-order valence-electron chi connectivity index (χ4n) is 3.17. The molecule has 138 valence electrons. The molecule has 2 aromatic heterocycles. The Morgan fingerprint density at radius 3 is 2.54 bits per heavy atom. The van der Waals surface area contributed by atoms with Gasteiger partial charge in [-0.2, -0.15) is 0 Å². The zero-order valence-corrected chi connectivity index (χ0v) is 16.3. The Hall–Kier alpha value is -3.25. The highest BCUT2D eigenvalue weighted by atomic mass is 79.9. The van der Waals surface area contributed by atoms with Crippen molar-refractivity contribution >= 4 is 32.7 Å². The molecule has 0 spiro atoms. The highest BCUT2D eigenvalue weighted by molar-refractivity contribution is 9.10. The van der Waals surface area contributed by atoms with E-state index in [1.807, 2.05) is 54.6 Å². The number of pyridine rings is 2. The first-order valence-electron chi connectivity index (χ1n) is 8.70. The van der Waals surface area contributed by atoms with Crippen molar-refractivity contribution in [1.82, 2.24) is 15.3 Å². The summed E-state index contributed by atoms with van der Waals surface area (Å²) in [5.74, 6) is -0.327. The molecule has 4 aromatic rings. The van der Waals surface area contributed by atoms with Gasteiger partial charge < -0.3 is 10.3 Å². The van der Waals surface area contributed by atoms with Gasteiger partial charge in [0.15, 0.2) is 0 Å². The maximum Gasteiger partial charge on any atom is 0.252 e. The van der Waals surface area contributed by atoms with E-state index in [4.69, 9.17) is 0 Å². The van der Waals surface area contributed by atoms with E-state index in [9.17, 15) is 9.59 Å². The largest absolute Gasteiger partial charge is 0.341 e. The Labute approximate surface area is 169 Å². The monoisotopic (exact) mass is 433 g/mol. The van der Waals surface area contributed by atoms with Crippen LogP contribution in [0.3, 0.4) is 0 Å². The van der Waals surface area contributed by atoms with Crippen LogP contribution in [-0.4, -0.2) is 15.9 Å². The van der Waals surface area contributed by atoms with E-state index in [1.165, 1.54) is 6.07 Å². The average Bonchev–Trinajstić information content (AvgIpc) is 2.73. The van der Waals surface area contributed by atoms with Crippen LogP contribution < -0.4 is 10.9 Å². The molecule has 2 aromatic carbocycles. The minimum atomic E-state index is -0.385. The van der Waals surface area contributed by atoms with Gasteiger partial charge in [0.2, 0.25) is 5.56 Å². The zero-order chi connectivity index (χ0) is 19.5. The van der Waals surface area contributed by atoms with Crippen molar-refractivity contribution in [2.24, 2.45) is 0 Å². The van der Waals surface area contributed by atoms with Gasteiger partial charge in [0.25, 0.3) is 5.91 Å². The molecule has 0 aliphatic rings. The lowest BCUT2D eigenvalue weighted by Gasteiger charge is -2.20. The van der Waals surface area contributed by atoms with Gasteiger partial charge in [0.1, 0.15) is 0 Å². The second-order valence-corrected chi connectivity index (χ2v) is 7.26. The van der Waals surface area contributed by atoms with Gasteiger partial charge in [-0.05, 0) is 35.4 Å². The Bertz CT molecular complexity index is 1150. The van der Waals surface area contributed by atoms with Crippen LogP contribution in [0.2, 0.25) is 0 Å². The molecule has 0 aliphatic heterocycles. The number of aromatic amines is 1. The summed E-state index contributed by atoms with van der Waals surface area (Å²) >= 11 is 3.43. The summed E-state index contributed by atoms with van der Waals surface area (Å²) in [5, 5.41) is 3.73. The Balaban J connectivity index is 1.78. The second kappa shape index (κ2) is 7.78. The summed E-state index contributed by atoms with van der Waals surface area (Å²) in [6, 6.07) is 19.8. The summed E-state index contributed by atoms with van der Waals surface area (Å²) < 4.78 is 0.827. The zero-order valence-electron chi connectivity index (χ0n) is 14.7. The molecule has 6 heteroatoms. The molecule has 2 N–H and O–H groups in total. The number of nitrogens with one attached hydrogen (secondary N) is 2. The topological polar surface area (TPSA) is 74.8 Å². The van der Waals surface area contributed by atoms with Crippen LogP contribution in [0.1, 0.15) is 27.5 Å². The SMILES string of the molecule is O=C(NC(c1ccccc1)c1cccnc1)c1cc(=O)[nH]c2ccc(Br)cc12. The molecule has 0 fully saturated rings. The molecule has 0 bridgehead atoms. The third-order valence-electron chi connectivity index (χ3n) is 4.48. The quantitative estimate of drug-likeness (QED) is 0.506. The molecule has 1 atom stereocenters. The summed E-state index contributed by atoms with van der Waals surface area (Å²) in [6.07, 6.45) is 3.42. The number of hydrogen-bond donors (Lipinski definition) is 2. The summed E-state index contributed by atoms with van der Waals surface area (Å²) in [7, 11) is 0. The predicted molar refractivity (Wildman–Crippen MR) is 112 cm³/mol. The van der Waals surface area contributed by atoms with E-state index < -0.39 is 0 Å². The first kappa shape index (κ1) is 18.1. The normalized spacial score (nSPS) is 11.9. The second-order valence-electron chi connectivity index (χ2n) is 6.34. The average molecular weight is 434 g/mol. The number of rotatable bonds is 4. The summed E-state index contributed by atoms with van der Waals surface area (Å²) in [5.41, 5.74) is 2.40. The molecule has 0 aliphatic carbocycles. The van der Waals surface area contributed by atoms with Crippen molar-refractivity contribution in [1.29, 1.82) is 0 Å². The van der Waals surface area contributed by atoms with Gasteiger partial charge >= 0.3 is 0 Å². The molecule has 0 saturated carbocycles. The minimum Gasteiger partial charge on any atom is -0.341 e. The summed E-state index contributed by atoms with van der Waals surface area (Å²) in [4.78, 5) is 32.2. The van der Waals surface area contributed by atoms with Crippen LogP contribution in [-0.2, 0) is 0 Å². The maximum atomic E-state index is 13.2. The molecule has 1 unspecified atom stereocenters. The highest BCUT2D eigenvalue weighted by Crippen LogP contribution is 2.24. The Morgan fingerprint density at radius 2 is 1.79 bits per heavy atom. The number of H-pyrrole nitrogens is 1. The van der Waals surface area contributed by atoms with Crippen molar-refractivity contribution < 1.29 is 4.79 Å². The van der Waals surface area contributed by atoms with Crippen molar-refractivity contribution in [2.75, 3.05) is 0 Å². The molecular weight excluding hydrogens is 418 g/mol. The van der Waals surface area contributed by atoms with Crippen LogP contribution in [0.5, 0.6) is 0 Å². The van der Waals surface area contributed by atoms with Gasteiger partial charge in [0.05, 0.1) is 11.6 Å². The van der Waals surface area contributed by atoms with Crippen molar-refractivity contribution in [3.63, 3.8) is 0 Å². The number of nitrogens with zero attached hydrogens (tertiary/aromatic N) is 1. The Kier molecular flexibility index (Phi) is 5.04. The predicted octanol–water partition coefficient (Wildman–Crippen LogP) is 4.21. The van der Waals surface area contributed by atoms with Gasteiger partial charge in [-0.1, -0.05) is 52.3 Å². The van der Waals surface area contributed by atoms with Gasteiger partial charge in [-0.3, -0.25) is 14.6 Å². The van der Waals surface area contributed by atoms with Crippen LogP contribution in [0.25, 0.3) is 10.9 Å². The third-order valence-corrected chi connectivity index (χ3v) is 4.97. The number of aromatic nitrogens is 2. The smallest absolute Gasteiger partial charge is 0.252 e. The first-order chi connectivity index (χ1) is 13.6. The molecule has 5 nitrogen and oxygen atoms in total. The van der Waals surface area contributed by atoms with Crippen molar-refractivity contribution in [2.45, 2.75) is 6.04 Å². The number of halogens is 1. The molecule has 0 saturated heterocycles. The van der Waals surface area contributed by atoms with Gasteiger partial charge in [0, 0.05) is 33.8 Å². The Morgan fingerprint density at radius 1 is 1.00 bits per heavy atom. The number of carbonyl (C=O) groups excluding carboxylic acids is 1. The number of hydrogen-bond acceptors (Lipinski definition) is 3. The van der Waals surface area contributed by atoms with E-state index in [0.29, 0.717) is 16.5 Å². The van der Waals surface area contributed by atoms with E-state index >= 15 is 0 Å². The van der Waals surface area contributed by atoms with Crippen molar-refractivity contribution in [3.8, 4) is 0 Å². The van der Waals surface area contributed by atoms with E-state index in [2.05, 4.69) is 31.2 Å². The van der Waals surface area contributed by atoms with Crippen LogP contribution in [0.4, 0.5) is 0 Å². The molecular formula is C22H16BrN3O2. The van der Waals surface area contributed by atoms with E-state index in [0.717, 1.165) is 15.6 Å². The fraction of sp³-hybridized carbons (Fsp3) is 0.0455. The lowest BCUT2D eigenvalue weighted by molar-refractivity contribution is 0.0944. The van der Waals surface area contributed by atoms with Crippen LogP contribution >= 0.6 is 15.9 Å². The number of benzene rings is 2. The molecule has 1 amide bonds. The molecule has 0 radical (unpaired) electrons. The molecule has 2 heterocycles. The van der Waals surface area contributed by atoms with Crippen molar-refractivity contribution in [3.05, 3.63) is 111 Å². The van der Waals surface area contributed by atoms with Crippen LogP contribution in [0.15, 0.2) is 88.4 Å². The standard InChI is InChI=1S/C22H16BrN3O2/c23-16-8-9-19-17(11-16)18(12-20(27)25-19)22(28)26-21(14-5-2-1-3-6-14)15-7-4-10-24-13-15/h1-13,21H,(H,25,27)(H,26,28). The maximum absolute atomic E-state index is 13.2. The van der Waals surface area contributed by atoms with E-state index in [-0.39, 0.29) is 17.5 Å². The van der Waals surface area contributed by atoms with Gasteiger partial charge in [-0.25, -0.2) is 0 Å². The van der Waals surface area contributed by atoms with Gasteiger partial charge in [-0.15, -0.1) is 0 Å². The number of amides is 1. The lowest BCUT2D eigenvalue weighted by Crippen LogP contribution is -2.30. The highest BCUT2D eigenvalue weighted by Gasteiger charge is 2.20. The minimum absolute atomic E-state index is 0.322. The number of fused-ring (bicyclic) bond motifs is 1. The first-order valence-corrected chi connectivity index (χ1v) is 9.49. The number of carbonyl (C=O) groups is 1. The van der Waals surface area contributed by atoms with Crippen LogP contribution in [0, 0.1) is 0 Å². The molecule has 4 rings (SSSR count). The molecule has 28 heavy (non-hydrogen) atoms. The third kappa shape index (κ3) is 3.73. The van der Waals surface area contributed by atoms with E-state index in [1.54, 1.807) is 18.5 Å².